The zero-order valence-corrected chi connectivity index (χ0v) is 32.4. The lowest BCUT2D eigenvalue weighted by Gasteiger charge is -2.34. The second-order valence-electron chi connectivity index (χ2n) is 16.1. The van der Waals surface area contributed by atoms with Gasteiger partial charge in [-0.05, 0) is 86.3 Å². The summed E-state index contributed by atoms with van der Waals surface area (Å²) in [4.78, 5) is 9.97. The third-order valence-electron chi connectivity index (χ3n) is 10.6. The summed E-state index contributed by atoms with van der Waals surface area (Å²) in [6, 6.07) is 41.5. The maximum atomic E-state index is 6.77. The number of anilines is 3. The summed E-state index contributed by atoms with van der Waals surface area (Å²) in [5, 5.41) is 7.53. The molecule has 0 saturated carbocycles. The van der Waals surface area contributed by atoms with Gasteiger partial charge < -0.3 is 14.5 Å². The average Bonchev–Trinajstić information content (AvgIpc) is 3.89. The summed E-state index contributed by atoms with van der Waals surface area (Å²) in [5.74, 6) is 2.51. The monoisotopic (exact) mass is 728 g/mol. The maximum absolute atomic E-state index is 6.77. The van der Waals surface area contributed by atoms with E-state index in [0.29, 0.717) is 0 Å². The van der Waals surface area contributed by atoms with Gasteiger partial charge in [0.15, 0.2) is 0 Å². The molecular weight excluding hydrogens is 689 g/mol. The number of benzene rings is 5. The minimum Gasteiger partial charge on any atom is -0.457 e. The highest BCUT2D eigenvalue weighted by atomic mass is 32.1. The Morgan fingerprint density at radius 1 is 0.642 bits per heavy atom. The summed E-state index contributed by atoms with van der Waals surface area (Å²) in [6.45, 7) is 14.4. The number of fused-ring (bicyclic) bond motifs is 10. The van der Waals surface area contributed by atoms with Crippen molar-refractivity contribution in [3.8, 4) is 17.3 Å². The zero-order valence-electron chi connectivity index (χ0n) is 30.8. The molecule has 5 aromatic carbocycles. The van der Waals surface area contributed by atoms with Gasteiger partial charge in [-0.1, -0.05) is 69.3 Å². The quantitative estimate of drug-likeness (QED) is 0.181. The fraction of sp³-hybridized carbons (Fsp3) is 0.196. The van der Waals surface area contributed by atoms with Gasteiger partial charge in [-0.15, -0.1) is 22.7 Å². The number of nitrogens with zero attached hydrogens (tertiary/aromatic N) is 4. The van der Waals surface area contributed by atoms with Crippen molar-refractivity contribution in [3.63, 3.8) is 0 Å². The Bertz CT molecular complexity index is 2900. The fourth-order valence-electron chi connectivity index (χ4n) is 7.94. The van der Waals surface area contributed by atoms with Crippen LogP contribution in [0.4, 0.5) is 16.4 Å². The SMILES string of the molecule is CC(C)(C)c1ccnc(-n2c3cc(Oc4cccc(N5CN(C(C)(C)C)c6c5sc5ccccc65)c4)ccc3c3ccc4sc5ccccc5c4c32)c1. The van der Waals surface area contributed by atoms with Gasteiger partial charge in [0.25, 0.3) is 0 Å². The molecule has 5 heterocycles. The number of hydrogen-bond acceptors (Lipinski definition) is 6. The van der Waals surface area contributed by atoms with Crippen molar-refractivity contribution in [2.24, 2.45) is 0 Å². The first-order valence-electron chi connectivity index (χ1n) is 18.2. The van der Waals surface area contributed by atoms with Crippen LogP contribution in [0.3, 0.4) is 0 Å². The van der Waals surface area contributed by atoms with E-state index in [9.17, 15) is 0 Å². The summed E-state index contributed by atoms with van der Waals surface area (Å²) in [6.07, 6.45) is 1.95. The number of rotatable bonds is 4. The van der Waals surface area contributed by atoms with E-state index in [0.717, 1.165) is 35.2 Å². The highest BCUT2D eigenvalue weighted by Crippen LogP contribution is 2.53. The van der Waals surface area contributed by atoms with Crippen molar-refractivity contribution in [1.29, 1.82) is 0 Å². The Morgan fingerprint density at radius 2 is 1.38 bits per heavy atom. The highest BCUT2D eigenvalue weighted by Gasteiger charge is 2.37. The van der Waals surface area contributed by atoms with Crippen molar-refractivity contribution >= 4 is 91.1 Å². The second-order valence-corrected chi connectivity index (χ2v) is 18.2. The lowest BCUT2D eigenvalue weighted by molar-refractivity contribution is 0.483. The maximum Gasteiger partial charge on any atom is 0.137 e. The second kappa shape index (κ2) is 11.6. The molecule has 1 aliphatic rings. The first-order valence-corrected chi connectivity index (χ1v) is 19.9. The van der Waals surface area contributed by atoms with Crippen LogP contribution >= 0.6 is 22.7 Å². The Labute approximate surface area is 317 Å². The predicted octanol–water partition coefficient (Wildman–Crippen LogP) is 13.6. The number of pyridine rings is 1. The topological polar surface area (TPSA) is 33.5 Å². The molecule has 5 nitrogen and oxygen atoms in total. The Morgan fingerprint density at radius 3 is 2.17 bits per heavy atom. The molecule has 0 bridgehead atoms. The molecular formula is C46H40N4OS2. The summed E-state index contributed by atoms with van der Waals surface area (Å²) in [7, 11) is 0. The molecule has 0 spiro atoms. The van der Waals surface area contributed by atoms with Crippen LogP contribution in [0.5, 0.6) is 11.5 Å². The number of thiophene rings is 2. The molecule has 0 aliphatic carbocycles. The molecule has 262 valence electrons. The van der Waals surface area contributed by atoms with E-state index >= 15 is 0 Å². The van der Waals surface area contributed by atoms with Crippen LogP contribution in [0.2, 0.25) is 0 Å². The molecule has 9 aromatic rings. The molecule has 0 N–H and O–H groups in total. The predicted molar refractivity (Wildman–Crippen MR) is 228 cm³/mol. The van der Waals surface area contributed by atoms with E-state index in [-0.39, 0.29) is 11.0 Å². The van der Waals surface area contributed by atoms with Gasteiger partial charge in [0.2, 0.25) is 0 Å². The van der Waals surface area contributed by atoms with Crippen molar-refractivity contribution in [2.45, 2.75) is 52.5 Å². The van der Waals surface area contributed by atoms with Gasteiger partial charge in [0.1, 0.15) is 22.3 Å². The Kier molecular flexibility index (Phi) is 7.05. The summed E-state index contributed by atoms with van der Waals surface area (Å²) < 4.78 is 13.0. The smallest absolute Gasteiger partial charge is 0.137 e. The normalized spacial score (nSPS) is 13.7. The van der Waals surface area contributed by atoms with Crippen LogP contribution in [0.15, 0.2) is 121 Å². The van der Waals surface area contributed by atoms with Crippen molar-refractivity contribution in [3.05, 3.63) is 127 Å². The standard InChI is InChI=1S/C46H40N4OS2/c1-45(2,3)28-22-23-47-40(24-28)50-36-26-31(18-19-32(36)33-20-21-39-41(42(33)50)34-14-7-9-16-37(34)52-39)51-30-13-11-12-29(25-30)48-27-49(46(4,5)6)43-35-15-8-10-17-38(35)53-44(43)48/h7-26H,27H2,1-6H3. The lowest BCUT2D eigenvalue weighted by Crippen LogP contribution is -2.42. The third kappa shape index (κ3) is 5.12. The first-order chi connectivity index (χ1) is 25.5. The van der Waals surface area contributed by atoms with Gasteiger partial charge in [0, 0.05) is 70.6 Å². The molecule has 0 amide bonds. The average molecular weight is 729 g/mol. The van der Waals surface area contributed by atoms with Gasteiger partial charge in [-0.25, -0.2) is 4.98 Å². The lowest BCUT2D eigenvalue weighted by atomic mass is 9.88. The van der Waals surface area contributed by atoms with Crippen LogP contribution in [0, 0.1) is 0 Å². The van der Waals surface area contributed by atoms with Gasteiger partial charge in [0.05, 0.1) is 23.4 Å². The fourth-order valence-corrected chi connectivity index (χ4v) is 10.3. The number of hydrogen-bond donors (Lipinski definition) is 0. The summed E-state index contributed by atoms with van der Waals surface area (Å²) in [5.41, 5.74) is 5.90. The summed E-state index contributed by atoms with van der Waals surface area (Å²) >= 11 is 3.71. The molecule has 4 aromatic heterocycles. The number of aromatic nitrogens is 2. The third-order valence-corrected chi connectivity index (χ3v) is 12.9. The number of ether oxygens (including phenoxy) is 1. The van der Waals surface area contributed by atoms with E-state index in [4.69, 9.17) is 9.72 Å². The molecule has 0 atom stereocenters. The van der Waals surface area contributed by atoms with Crippen molar-refractivity contribution < 1.29 is 4.74 Å². The van der Waals surface area contributed by atoms with Crippen LogP contribution in [0.1, 0.15) is 47.1 Å². The molecule has 10 rings (SSSR count). The molecule has 0 fully saturated rings. The van der Waals surface area contributed by atoms with Crippen LogP contribution in [0.25, 0.3) is 57.9 Å². The minimum absolute atomic E-state index is 0.0179. The van der Waals surface area contributed by atoms with Gasteiger partial charge >= 0.3 is 0 Å². The van der Waals surface area contributed by atoms with E-state index in [1.807, 2.05) is 28.9 Å². The van der Waals surface area contributed by atoms with E-state index in [1.165, 1.54) is 62.8 Å². The molecule has 0 radical (unpaired) electrons. The van der Waals surface area contributed by atoms with Gasteiger partial charge in [-0.2, -0.15) is 0 Å². The molecule has 7 heteroatoms. The molecule has 0 saturated heterocycles. The zero-order chi connectivity index (χ0) is 36.2. The highest BCUT2D eigenvalue weighted by molar-refractivity contribution is 7.26. The molecule has 1 aliphatic heterocycles. The van der Waals surface area contributed by atoms with Gasteiger partial charge in [-0.3, -0.25) is 4.57 Å². The van der Waals surface area contributed by atoms with Crippen LogP contribution < -0.4 is 14.5 Å². The van der Waals surface area contributed by atoms with Crippen molar-refractivity contribution in [1.82, 2.24) is 9.55 Å². The minimum atomic E-state index is -0.0303. The first kappa shape index (κ1) is 32.3. The Hall–Kier alpha value is -5.37. The van der Waals surface area contributed by atoms with Crippen molar-refractivity contribution in [2.75, 3.05) is 16.5 Å². The molecule has 53 heavy (non-hydrogen) atoms. The van der Waals surface area contributed by atoms with Crippen LogP contribution in [-0.4, -0.2) is 21.8 Å². The van der Waals surface area contributed by atoms with E-state index in [1.54, 1.807) is 0 Å². The Balaban J connectivity index is 1.11. The van der Waals surface area contributed by atoms with E-state index < -0.39 is 0 Å². The molecule has 0 unspecified atom stereocenters. The van der Waals surface area contributed by atoms with E-state index in [2.05, 4.69) is 171 Å². The van der Waals surface area contributed by atoms with Crippen LogP contribution in [-0.2, 0) is 5.41 Å². The largest absolute Gasteiger partial charge is 0.457 e.